The summed E-state index contributed by atoms with van der Waals surface area (Å²) in [6.07, 6.45) is 5.48. The molecule has 1 aromatic rings. The van der Waals surface area contributed by atoms with E-state index in [1.54, 1.807) is 36.0 Å². The van der Waals surface area contributed by atoms with E-state index in [4.69, 9.17) is 0 Å². The van der Waals surface area contributed by atoms with Gasteiger partial charge in [0.25, 0.3) is 0 Å². The average Bonchev–Trinajstić information content (AvgIpc) is 2.63. The molecule has 1 aliphatic carbocycles. The van der Waals surface area contributed by atoms with Crippen molar-refractivity contribution < 1.29 is 18.3 Å². The predicted octanol–water partition coefficient (Wildman–Crippen LogP) is 2.06. The summed E-state index contributed by atoms with van der Waals surface area (Å²) in [4.78, 5) is 12.8. The van der Waals surface area contributed by atoms with Crippen molar-refractivity contribution >= 4 is 27.7 Å². The van der Waals surface area contributed by atoms with Gasteiger partial charge >= 0.3 is 0 Å². The van der Waals surface area contributed by atoms with Crippen LogP contribution in [0.1, 0.15) is 37.7 Å². The molecule has 1 aliphatic rings. The van der Waals surface area contributed by atoms with E-state index in [0.717, 1.165) is 24.8 Å². The van der Waals surface area contributed by atoms with Crippen molar-refractivity contribution in [1.82, 2.24) is 10.0 Å². The lowest BCUT2D eigenvalue weighted by Gasteiger charge is -2.27. The van der Waals surface area contributed by atoms with E-state index in [2.05, 4.69) is 10.0 Å². The maximum Gasteiger partial charge on any atom is 0.241 e. The third kappa shape index (κ3) is 7.10. The van der Waals surface area contributed by atoms with Crippen molar-refractivity contribution in [2.45, 2.75) is 56.1 Å². The minimum Gasteiger partial charge on any atom is -0.393 e. The Balaban J connectivity index is 2.00. The van der Waals surface area contributed by atoms with Gasteiger partial charge in [-0.25, -0.2) is 8.42 Å². The zero-order valence-corrected chi connectivity index (χ0v) is 17.6. The highest BCUT2D eigenvalue weighted by atomic mass is 32.2. The average molecular weight is 415 g/mol. The van der Waals surface area contributed by atoms with Crippen molar-refractivity contribution in [2.75, 3.05) is 18.6 Å². The van der Waals surface area contributed by atoms with Gasteiger partial charge in [-0.1, -0.05) is 24.1 Å². The molecule has 0 aliphatic heterocycles. The largest absolute Gasteiger partial charge is 0.393 e. The number of aliphatic hydroxyl groups excluding tert-OH is 1. The molecule has 3 atom stereocenters. The number of hydrogen-bond acceptors (Lipinski definition) is 5. The molecule has 3 unspecified atom stereocenters. The standard InChI is InChI=1S/C19H30N2O4S2/c1-14-6-8-17(9-7-14)27(24,25)21-18(10-11-26-2)19(23)20-13-15-4-3-5-16(22)12-15/h6-9,15-16,18,21-22H,3-5,10-13H2,1-2H3,(H,20,23). The molecule has 27 heavy (non-hydrogen) atoms. The molecule has 0 bridgehead atoms. The van der Waals surface area contributed by atoms with E-state index in [1.807, 2.05) is 13.2 Å². The first-order chi connectivity index (χ1) is 12.8. The fraction of sp³-hybridized carbons (Fsp3) is 0.632. The van der Waals surface area contributed by atoms with Crippen LogP contribution in [0.5, 0.6) is 0 Å². The first-order valence-electron chi connectivity index (χ1n) is 9.35. The molecule has 1 aromatic carbocycles. The summed E-state index contributed by atoms with van der Waals surface area (Å²) >= 11 is 1.57. The lowest BCUT2D eigenvalue weighted by atomic mass is 9.87. The molecule has 3 N–H and O–H groups in total. The van der Waals surface area contributed by atoms with Gasteiger partial charge in [-0.15, -0.1) is 0 Å². The van der Waals surface area contributed by atoms with Gasteiger partial charge < -0.3 is 10.4 Å². The number of benzene rings is 1. The van der Waals surface area contributed by atoms with Gasteiger partial charge in [0.05, 0.1) is 11.0 Å². The van der Waals surface area contributed by atoms with Crippen LogP contribution in [-0.2, 0) is 14.8 Å². The van der Waals surface area contributed by atoms with Gasteiger partial charge in [-0.2, -0.15) is 16.5 Å². The van der Waals surface area contributed by atoms with Crippen molar-refractivity contribution in [3.8, 4) is 0 Å². The minimum absolute atomic E-state index is 0.158. The summed E-state index contributed by atoms with van der Waals surface area (Å²) in [5.74, 6) is 0.615. The van der Waals surface area contributed by atoms with Crippen LogP contribution >= 0.6 is 11.8 Å². The van der Waals surface area contributed by atoms with E-state index < -0.39 is 16.1 Å². The van der Waals surface area contributed by atoms with E-state index in [0.29, 0.717) is 25.1 Å². The van der Waals surface area contributed by atoms with E-state index in [9.17, 15) is 18.3 Å². The quantitative estimate of drug-likeness (QED) is 0.575. The van der Waals surface area contributed by atoms with Gasteiger partial charge in [0.2, 0.25) is 15.9 Å². The second-order valence-corrected chi connectivity index (χ2v) is 9.90. The van der Waals surface area contributed by atoms with Crippen molar-refractivity contribution in [3.63, 3.8) is 0 Å². The second-order valence-electron chi connectivity index (χ2n) is 7.20. The van der Waals surface area contributed by atoms with Gasteiger partial charge in [-0.3, -0.25) is 4.79 Å². The zero-order valence-electron chi connectivity index (χ0n) is 16.0. The minimum atomic E-state index is -3.76. The molecular weight excluding hydrogens is 384 g/mol. The second kappa shape index (κ2) is 10.5. The number of nitrogens with one attached hydrogen (secondary N) is 2. The fourth-order valence-electron chi connectivity index (χ4n) is 3.27. The van der Waals surface area contributed by atoms with E-state index in [1.165, 1.54) is 0 Å². The number of aliphatic hydroxyl groups is 1. The number of carbonyl (C=O) groups is 1. The number of carbonyl (C=O) groups excluding carboxylic acids is 1. The summed E-state index contributed by atoms with van der Waals surface area (Å²) in [6.45, 7) is 2.36. The predicted molar refractivity (Wildman–Crippen MR) is 109 cm³/mol. The molecule has 6 nitrogen and oxygen atoms in total. The molecule has 0 saturated heterocycles. The third-order valence-corrected chi connectivity index (χ3v) is 7.01. The summed E-state index contributed by atoms with van der Waals surface area (Å²) in [5, 5.41) is 12.6. The summed E-state index contributed by atoms with van der Waals surface area (Å²) in [7, 11) is -3.76. The maximum absolute atomic E-state index is 12.6. The molecule has 2 rings (SSSR count). The molecular formula is C19H30N2O4S2. The van der Waals surface area contributed by atoms with E-state index in [-0.39, 0.29) is 22.8 Å². The van der Waals surface area contributed by atoms with Gasteiger partial charge in [0.1, 0.15) is 6.04 Å². The summed E-state index contributed by atoms with van der Waals surface area (Å²) < 4.78 is 27.8. The fourth-order valence-corrected chi connectivity index (χ4v) is 4.97. The molecule has 1 amide bonds. The molecule has 152 valence electrons. The molecule has 0 spiro atoms. The SMILES string of the molecule is CSCCC(NS(=O)(=O)c1ccc(C)cc1)C(=O)NCC1CCCC(O)C1. The first-order valence-corrected chi connectivity index (χ1v) is 12.2. The number of rotatable bonds is 9. The summed E-state index contributed by atoms with van der Waals surface area (Å²) in [5.41, 5.74) is 0.972. The van der Waals surface area contributed by atoms with Crippen LogP contribution in [0.2, 0.25) is 0 Å². The first kappa shape index (κ1) is 22.2. The van der Waals surface area contributed by atoms with Gasteiger partial charge in [0.15, 0.2) is 0 Å². The number of aryl methyl sites for hydroxylation is 1. The topological polar surface area (TPSA) is 95.5 Å². The lowest BCUT2D eigenvalue weighted by molar-refractivity contribution is -0.123. The highest BCUT2D eigenvalue weighted by Gasteiger charge is 2.27. The number of amides is 1. The monoisotopic (exact) mass is 414 g/mol. The van der Waals surface area contributed by atoms with E-state index >= 15 is 0 Å². The Morgan fingerprint density at radius 2 is 2.00 bits per heavy atom. The van der Waals surface area contributed by atoms with Gasteiger partial charge in [0, 0.05) is 6.54 Å². The van der Waals surface area contributed by atoms with Crippen LogP contribution in [0.15, 0.2) is 29.2 Å². The Labute approximate surface area is 166 Å². The van der Waals surface area contributed by atoms with Crippen molar-refractivity contribution in [3.05, 3.63) is 29.8 Å². The highest BCUT2D eigenvalue weighted by molar-refractivity contribution is 7.98. The smallest absolute Gasteiger partial charge is 0.241 e. The molecule has 1 fully saturated rings. The molecule has 8 heteroatoms. The maximum atomic E-state index is 12.6. The Hall–Kier alpha value is -1.09. The third-order valence-electron chi connectivity index (χ3n) is 4.88. The zero-order chi connectivity index (χ0) is 19.9. The van der Waals surface area contributed by atoms with Crippen LogP contribution < -0.4 is 10.0 Å². The van der Waals surface area contributed by atoms with Crippen molar-refractivity contribution in [2.24, 2.45) is 5.92 Å². The van der Waals surface area contributed by atoms with Gasteiger partial charge in [-0.05, 0) is 62.7 Å². The van der Waals surface area contributed by atoms with Crippen LogP contribution in [-0.4, -0.2) is 50.1 Å². The van der Waals surface area contributed by atoms with Crippen LogP contribution in [0.4, 0.5) is 0 Å². The molecule has 0 radical (unpaired) electrons. The Bertz CT molecular complexity index is 707. The normalized spacial score (nSPS) is 21.6. The number of hydrogen-bond donors (Lipinski definition) is 3. The Morgan fingerprint density at radius 3 is 2.63 bits per heavy atom. The number of thioether (sulfide) groups is 1. The van der Waals surface area contributed by atoms with Crippen LogP contribution in [0.25, 0.3) is 0 Å². The molecule has 1 saturated carbocycles. The molecule has 0 aromatic heterocycles. The van der Waals surface area contributed by atoms with Crippen LogP contribution in [0.3, 0.4) is 0 Å². The Kier molecular flexibility index (Phi) is 8.60. The number of sulfonamides is 1. The Morgan fingerprint density at radius 1 is 1.30 bits per heavy atom. The molecule has 0 heterocycles. The highest BCUT2D eigenvalue weighted by Crippen LogP contribution is 2.23. The van der Waals surface area contributed by atoms with Crippen molar-refractivity contribution in [1.29, 1.82) is 0 Å². The lowest BCUT2D eigenvalue weighted by Crippen LogP contribution is -2.48. The summed E-state index contributed by atoms with van der Waals surface area (Å²) in [6, 6.07) is 5.76. The van der Waals surface area contributed by atoms with Crippen LogP contribution in [0, 0.1) is 12.8 Å².